The molecule has 3 nitrogen and oxygen atoms in total. The van der Waals surface area contributed by atoms with Gasteiger partial charge in [0.1, 0.15) is 12.4 Å². The van der Waals surface area contributed by atoms with Gasteiger partial charge in [0.25, 0.3) is 0 Å². The first-order valence-electron chi connectivity index (χ1n) is 7.67. The minimum Gasteiger partial charge on any atom is -0.489 e. The summed E-state index contributed by atoms with van der Waals surface area (Å²) in [7, 11) is 0. The standard InChI is InChI=1S/C15H14O3.C6H6/c1-11-9-13(7-8-14(11)15(16)17)18-10-12-5-3-2-4-6-12;1-2-4-6-5-3-1/h2-9H,10H2,1H3,(H,16,17);1-6H. The molecule has 0 unspecified atom stereocenters. The maximum absolute atomic E-state index is 10.9. The molecule has 0 saturated carbocycles. The predicted molar refractivity (Wildman–Crippen MR) is 95.4 cm³/mol. The molecule has 0 aromatic heterocycles. The molecule has 24 heavy (non-hydrogen) atoms. The Labute approximate surface area is 142 Å². The summed E-state index contributed by atoms with van der Waals surface area (Å²) in [4.78, 5) is 10.9. The van der Waals surface area contributed by atoms with Gasteiger partial charge in [-0.2, -0.15) is 0 Å². The predicted octanol–water partition coefficient (Wildman–Crippen LogP) is 4.96. The lowest BCUT2D eigenvalue weighted by atomic mass is 10.1. The van der Waals surface area contributed by atoms with E-state index >= 15 is 0 Å². The van der Waals surface area contributed by atoms with Crippen molar-refractivity contribution in [2.75, 3.05) is 0 Å². The van der Waals surface area contributed by atoms with Crippen molar-refractivity contribution in [2.24, 2.45) is 0 Å². The second-order valence-electron chi connectivity index (χ2n) is 5.21. The fourth-order valence-electron chi connectivity index (χ4n) is 2.09. The number of aryl methyl sites for hydroxylation is 1. The van der Waals surface area contributed by atoms with Crippen LogP contribution >= 0.6 is 0 Å². The quantitative estimate of drug-likeness (QED) is 0.739. The summed E-state index contributed by atoms with van der Waals surface area (Å²) in [5.41, 5.74) is 2.09. The lowest BCUT2D eigenvalue weighted by Gasteiger charge is -2.08. The largest absolute Gasteiger partial charge is 0.489 e. The molecule has 0 fully saturated rings. The van der Waals surface area contributed by atoms with E-state index in [2.05, 4.69) is 0 Å². The van der Waals surface area contributed by atoms with Crippen molar-refractivity contribution >= 4 is 5.97 Å². The van der Waals surface area contributed by atoms with E-state index in [1.165, 1.54) is 0 Å². The highest BCUT2D eigenvalue weighted by atomic mass is 16.5. The van der Waals surface area contributed by atoms with Gasteiger partial charge >= 0.3 is 5.97 Å². The van der Waals surface area contributed by atoms with Gasteiger partial charge in [-0.1, -0.05) is 66.7 Å². The first-order valence-corrected chi connectivity index (χ1v) is 7.67. The summed E-state index contributed by atoms with van der Waals surface area (Å²) < 4.78 is 5.61. The lowest BCUT2D eigenvalue weighted by Crippen LogP contribution is -2.01. The molecular formula is C21H20O3. The molecule has 0 aliphatic carbocycles. The van der Waals surface area contributed by atoms with Crippen LogP contribution in [-0.2, 0) is 6.61 Å². The Morgan fingerprint density at radius 2 is 1.42 bits per heavy atom. The summed E-state index contributed by atoms with van der Waals surface area (Å²) in [6.07, 6.45) is 0. The Morgan fingerprint density at radius 3 is 1.92 bits per heavy atom. The highest BCUT2D eigenvalue weighted by molar-refractivity contribution is 5.89. The molecule has 3 rings (SSSR count). The molecule has 122 valence electrons. The average molecular weight is 320 g/mol. The number of carbonyl (C=O) groups is 1. The monoisotopic (exact) mass is 320 g/mol. The number of hydrogen-bond donors (Lipinski definition) is 1. The Kier molecular flexibility index (Phi) is 6.59. The molecule has 3 aromatic rings. The molecule has 3 aromatic carbocycles. The second kappa shape index (κ2) is 9.16. The Balaban J connectivity index is 0.000000292. The fraction of sp³-hybridized carbons (Fsp3) is 0.0952. The van der Waals surface area contributed by atoms with Crippen LogP contribution in [0.2, 0.25) is 0 Å². The van der Waals surface area contributed by atoms with Crippen LogP contribution in [0.5, 0.6) is 5.75 Å². The van der Waals surface area contributed by atoms with Crippen LogP contribution in [0.4, 0.5) is 0 Å². The Bertz CT molecular complexity index is 726. The van der Waals surface area contributed by atoms with E-state index in [0.717, 1.165) is 5.56 Å². The van der Waals surface area contributed by atoms with Crippen molar-refractivity contribution in [3.63, 3.8) is 0 Å². The van der Waals surface area contributed by atoms with Crippen LogP contribution in [0.1, 0.15) is 21.5 Å². The third-order valence-electron chi connectivity index (χ3n) is 3.34. The number of carboxylic acids is 1. The highest BCUT2D eigenvalue weighted by Gasteiger charge is 2.07. The van der Waals surface area contributed by atoms with Crippen LogP contribution in [0.15, 0.2) is 84.9 Å². The second-order valence-corrected chi connectivity index (χ2v) is 5.21. The van der Waals surface area contributed by atoms with Crippen molar-refractivity contribution < 1.29 is 14.6 Å². The smallest absolute Gasteiger partial charge is 0.335 e. The minimum absolute atomic E-state index is 0.307. The number of carboxylic acid groups (broad SMARTS) is 1. The van der Waals surface area contributed by atoms with E-state index in [1.807, 2.05) is 66.7 Å². The Hall–Kier alpha value is -3.07. The summed E-state index contributed by atoms with van der Waals surface area (Å²) in [6, 6.07) is 26.8. The summed E-state index contributed by atoms with van der Waals surface area (Å²) >= 11 is 0. The van der Waals surface area contributed by atoms with E-state index < -0.39 is 5.97 Å². The molecule has 0 saturated heterocycles. The third kappa shape index (κ3) is 5.61. The van der Waals surface area contributed by atoms with E-state index in [9.17, 15) is 4.79 Å². The number of hydrogen-bond acceptors (Lipinski definition) is 2. The van der Waals surface area contributed by atoms with Gasteiger partial charge in [0.15, 0.2) is 0 Å². The molecule has 0 aliphatic heterocycles. The van der Waals surface area contributed by atoms with E-state index in [1.54, 1.807) is 25.1 Å². The number of aromatic carboxylic acids is 1. The first-order chi connectivity index (χ1) is 11.7. The molecule has 0 amide bonds. The lowest BCUT2D eigenvalue weighted by molar-refractivity contribution is 0.0696. The molecule has 0 radical (unpaired) electrons. The van der Waals surface area contributed by atoms with Crippen LogP contribution in [0.3, 0.4) is 0 Å². The van der Waals surface area contributed by atoms with E-state index in [0.29, 0.717) is 23.5 Å². The van der Waals surface area contributed by atoms with Crippen molar-refractivity contribution in [1.82, 2.24) is 0 Å². The number of rotatable bonds is 4. The molecular weight excluding hydrogens is 300 g/mol. The van der Waals surface area contributed by atoms with Gasteiger partial charge in [0.2, 0.25) is 0 Å². The van der Waals surface area contributed by atoms with Crippen molar-refractivity contribution in [3.05, 3.63) is 102 Å². The average Bonchev–Trinajstić information content (AvgIpc) is 2.62. The maximum atomic E-state index is 10.9. The van der Waals surface area contributed by atoms with Gasteiger partial charge in [-0.05, 0) is 36.2 Å². The molecule has 0 spiro atoms. The minimum atomic E-state index is -0.915. The van der Waals surface area contributed by atoms with Crippen LogP contribution in [-0.4, -0.2) is 11.1 Å². The normalized spacial score (nSPS) is 9.54. The topological polar surface area (TPSA) is 46.5 Å². The van der Waals surface area contributed by atoms with Crippen LogP contribution in [0.25, 0.3) is 0 Å². The zero-order valence-corrected chi connectivity index (χ0v) is 13.6. The van der Waals surface area contributed by atoms with Gasteiger partial charge in [0.05, 0.1) is 5.56 Å². The SMILES string of the molecule is Cc1cc(OCc2ccccc2)ccc1C(=O)O.c1ccccc1. The van der Waals surface area contributed by atoms with Gasteiger partial charge in [-0.3, -0.25) is 0 Å². The van der Waals surface area contributed by atoms with Crippen LogP contribution < -0.4 is 4.74 Å². The van der Waals surface area contributed by atoms with E-state index in [4.69, 9.17) is 9.84 Å². The molecule has 0 atom stereocenters. The first kappa shape index (κ1) is 17.3. The van der Waals surface area contributed by atoms with Gasteiger partial charge < -0.3 is 9.84 Å². The summed E-state index contributed by atoms with van der Waals surface area (Å²) in [6.45, 7) is 2.24. The fourth-order valence-corrected chi connectivity index (χ4v) is 2.09. The summed E-state index contributed by atoms with van der Waals surface area (Å²) in [5, 5.41) is 8.92. The van der Waals surface area contributed by atoms with Gasteiger partial charge in [-0.25, -0.2) is 4.79 Å². The maximum Gasteiger partial charge on any atom is 0.335 e. The molecule has 3 heteroatoms. The zero-order chi connectivity index (χ0) is 17.2. The van der Waals surface area contributed by atoms with Crippen molar-refractivity contribution in [2.45, 2.75) is 13.5 Å². The third-order valence-corrected chi connectivity index (χ3v) is 3.34. The van der Waals surface area contributed by atoms with Crippen LogP contribution in [0, 0.1) is 6.92 Å². The molecule has 0 heterocycles. The highest BCUT2D eigenvalue weighted by Crippen LogP contribution is 2.18. The van der Waals surface area contributed by atoms with Crippen molar-refractivity contribution in [1.29, 1.82) is 0 Å². The molecule has 0 aliphatic rings. The van der Waals surface area contributed by atoms with Crippen molar-refractivity contribution in [3.8, 4) is 5.75 Å². The number of ether oxygens (including phenoxy) is 1. The molecule has 0 bridgehead atoms. The molecule has 1 N–H and O–H groups in total. The zero-order valence-electron chi connectivity index (χ0n) is 13.6. The van der Waals surface area contributed by atoms with Gasteiger partial charge in [0, 0.05) is 0 Å². The van der Waals surface area contributed by atoms with E-state index in [-0.39, 0.29) is 0 Å². The number of benzene rings is 3. The Morgan fingerprint density at radius 1 is 0.875 bits per heavy atom. The summed E-state index contributed by atoms with van der Waals surface area (Å²) in [5.74, 6) is -0.233. The van der Waals surface area contributed by atoms with Gasteiger partial charge in [-0.15, -0.1) is 0 Å².